The third-order valence-corrected chi connectivity index (χ3v) is 3.83. The van der Waals surface area contributed by atoms with Gasteiger partial charge in [0.05, 0.1) is 32.5 Å². The van der Waals surface area contributed by atoms with Gasteiger partial charge in [-0.05, 0) is 5.56 Å². The number of carbonyl (C=O) groups excluding carboxylic acids is 1. The molecule has 1 heterocycles. The molecule has 0 aromatic heterocycles. The van der Waals surface area contributed by atoms with Crippen molar-refractivity contribution in [3.63, 3.8) is 0 Å². The van der Waals surface area contributed by atoms with Gasteiger partial charge >= 0.3 is 0 Å². The maximum Gasteiger partial charge on any atom is 0.246 e. The van der Waals surface area contributed by atoms with E-state index in [2.05, 4.69) is 22.3 Å². The molecular weight excluding hydrogens is 296 g/mol. The number of morpholine rings is 1. The van der Waals surface area contributed by atoms with Crippen LogP contribution in [0.5, 0.6) is 0 Å². The molecule has 1 aliphatic rings. The second-order valence-corrected chi connectivity index (χ2v) is 5.42. The van der Waals surface area contributed by atoms with Crippen molar-refractivity contribution in [2.45, 2.75) is 6.04 Å². The summed E-state index contributed by atoms with van der Waals surface area (Å²) in [5, 5.41) is 2.97. The monoisotopic (exact) mass is 322 g/mol. The number of rotatable bonds is 9. The number of hydrogen-bond donors (Lipinski definition) is 1. The van der Waals surface area contributed by atoms with Gasteiger partial charge in [-0.3, -0.25) is 9.69 Å². The van der Waals surface area contributed by atoms with Crippen LogP contribution in [0.2, 0.25) is 0 Å². The van der Waals surface area contributed by atoms with Crippen LogP contribution >= 0.6 is 0 Å². The standard InChI is InChI=1S/C17H26N2O4/c1-21-11-12-23-14-17(20)18-13-16(15-5-3-2-4-6-15)19-7-9-22-10-8-19/h2-6,16H,7-14H2,1H3,(H,18,20). The van der Waals surface area contributed by atoms with Gasteiger partial charge in [0, 0.05) is 26.7 Å². The second-order valence-electron chi connectivity index (χ2n) is 5.42. The highest BCUT2D eigenvalue weighted by Crippen LogP contribution is 2.20. The lowest BCUT2D eigenvalue weighted by atomic mass is 10.0. The lowest BCUT2D eigenvalue weighted by molar-refractivity contribution is -0.126. The molecule has 6 nitrogen and oxygen atoms in total. The highest BCUT2D eigenvalue weighted by Gasteiger charge is 2.22. The predicted molar refractivity (Wildman–Crippen MR) is 87.3 cm³/mol. The molecule has 1 fully saturated rings. The molecule has 0 spiro atoms. The first-order valence-corrected chi connectivity index (χ1v) is 8.01. The number of carbonyl (C=O) groups is 1. The van der Waals surface area contributed by atoms with Crippen LogP contribution in [-0.2, 0) is 19.0 Å². The van der Waals surface area contributed by atoms with Crippen molar-refractivity contribution in [3.8, 4) is 0 Å². The molecule has 0 radical (unpaired) electrons. The van der Waals surface area contributed by atoms with Crippen LogP contribution in [0.25, 0.3) is 0 Å². The summed E-state index contributed by atoms with van der Waals surface area (Å²) in [5.41, 5.74) is 1.20. The number of amides is 1. The summed E-state index contributed by atoms with van der Waals surface area (Å²) in [6.07, 6.45) is 0. The molecule has 1 N–H and O–H groups in total. The molecule has 1 atom stereocenters. The molecule has 1 unspecified atom stereocenters. The molecule has 0 bridgehead atoms. The summed E-state index contributed by atoms with van der Waals surface area (Å²) < 4.78 is 15.6. The Labute approximate surface area is 137 Å². The van der Waals surface area contributed by atoms with E-state index in [1.165, 1.54) is 5.56 Å². The smallest absolute Gasteiger partial charge is 0.246 e. The Bertz CT molecular complexity index is 449. The molecule has 1 aromatic rings. The lowest BCUT2D eigenvalue weighted by Crippen LogP contribution is -2.44. The third-order valence-electron chi connectivity index (χ3n) is 3.83. The average molecular weight is 322 g/mol. The van der Waals surface area contributed by atoms with Crippen LogP contribution in [0.3, 0.4) is 0 Å². The number of hydrogen-bond acceptors (Lipinski definition) is 5. The van der Waals surface area contributed by atoms with Crippen LogP contribution < -0.4 is 5.32 Å². The summed E-state index contributed by atoms with van der Waals surface area (Å²) in [5.74, 6) is -0.102. The average Bonchev–Trinajstić information content (AvgIpc) is 2.61. The molecule has 6 heteroatoms. The van der Waals surface area contributed by atoms with Gasteiger partial charge in [0.15, 0.2) is 0 Å². The van der Waals surface area contributed by atoms with E-state index in [1.807, 2.05) is 18.2 Å². The van der Waals surface area contributed by atoms with Crippen LogP contribution in [0.15, 0.2) is 30.3 Å². The number of ether oxygens (including phenoxy) is 3. The Morgan fingerprint density at radius 3 is 2.70 bits per heavy atom. The fraction of sp³-hybridized carbons (Fsp3) is 0.588. The molecule has 23 heavy (non-hydrogen) atoms. The second kappa shape index (κ2) is 10.3. The van der Waals surface area contributed by atoms with Gasteiger partial charge in [-0.1, -0.05) is 30.3 Å². The predicted octanol–water partition coefficient (Wildman–Crippen LogP) is 0.839. The molecule has 1 amide bonds. The van der Waals surface area contributed by atoms with Crippen LogP contribution in [0.1, 0.15) is 11.6 Å². The van der Waals surface area contributed by atoms with E-state index in [0.29, 0.717) is 19.8 Å². The first-order valence-electron chi connectivity index (χ1n) is 8.01. The topological polar surface area (TPSA) is 60.0 Å². The van der Waals surface area contributed by atoms with Crippen LogP contribution in [0, 0.1) is 0 Å². The fourth-order valence-corrected chi connectivity index (χ4v) is 2.59. The van der Waals surface area contributed by atoms with Crippen molar-refractivity contribution in [1.29, 1.82) is 0 Å². The summed E-state index contributed by atoms with van der Waals surface area (Å²) in [7, 11) is 1.61. The van der Waals surface area contributed by atoms with E-state index in [0.717, 1.165) is 26.3 Å². The van der Waals surface area contributed by atoms with E-state index in [1.54, 1.807) is 7.11 Å². The minimum Gasteiger partial charge on any atom is -0.382 e. The van der Waals surface area contributed by atoms with Gasteiger partial charge < -0.3 is 19.5 Å². The zero-order valence-corrected chi connectivity index (χ0v) is 13.7. The van der Waals surface area contributed by atoms with Crippen molar-refractivity contribution in [1.82, 2.24) is 10.2 Å². The SMILES string of the molecule is COCCOCC(=O)NCC(c1ccccc1)N1CCOCC1. The van der Waals surface area contributed by atoms with Crippen LogP contribution in [-0.4, -0.2) is 70.6 Å². The molecule has 128 valence electrons. The quantitative estimate of drug-likeness (QED) is 0.683. The maximum absolute atomic E-state index is 11.9. The molecular formula is C17H26N2O4. The molecule has 2 rings (SSSR count). The fourth-order valence-electron chi connectivity index (χ4n) is 2.59. The van der Waals surface area contributed by atoms with Gasteiger partial charge in [0.25, 0.3) is 0 Å². The van der Waals surface area contributed by atoms with E-state index in [4.69, 9.17) is 14.2 Å². The molecule has 1 aliphatic heterocycles. The van der Waals surface area contributed by atoms with Crippen molar-refractivity contribution in [2.75, 3.05) is 59.8 Å². The molecule has 0 saturated carbocycles. The Balaban J connectivity index is 1.86. The van der Waals surface area contributed by atoms with Gasteiger partial charge in [-0.2, -0.15) is 0 Å². The van der Waals surface area contributed by atoms with Gasteiger partial charge in [0.2, 0.25) is 5.91 Å². The molecule has 0 aliphatic carbocycles. The Morgan fingerprint density at radius 1 is 1.26 bits per heavy atom. The Morgan fingerprint density at radius 2 is 2.00 bits per heavy atom. The van der Waals surface area contributed by atoms with Gasteiger partial charge in [-0.25, -0.2) is 0 Å². The van der Waals surface area contributed by atoms with Crippen molar-refractivity contribution in [2.24, 2.45) is 0 Å². The summed E-state index contributed by atoms with van der Waals surface area (Å²) in [4.78, 5) is 14.3. The van der Waals surface area contributed by atoms with Crippen molar-refractivity contribution >= 4 is 5.91 Å². The number of nitrogens with one attached hydrogen (secondary N) is 1. The van der Waals surface area contributed by atoms with E-state index in [-0.39, 0.29) is 18.6 Å². The van der Waals surface area contributed by atoms with E-state index >= 15 is 0 Å². The van der Waals surface area contributed by atoms with E-state index < -0.39 is 0 Å². The number of benzene rings is 1. The third kappa shape index (κ3) is 6.27. The maximum atomic E-state index is 11.9. The highest BCUT2D eigenvalue weighted by molar-refractivity contribution is 5.77. The number of methoxy groups -OCH3 is 1. The van der Waals surface area contributed by atoms with Gasteiger partial charge in [0.1, 0.15) is 6.61 Å². The summed E-state index contributed by atoms with van der Waals surface area (Å²) in [6, 6.07) is 10.4. The zero-order chi connectivity index (χ0) is 16.3. The first kappa shape index (κ1) is 17.9. The van der Waals surface area contributed by atoms with Crippen LogP contribution in [0.4, 0.5) is 0 Å². The number of nitrogens with zero attached hydrogens (tertiary/aromatic N) is 1. The summed E-state index contributed by atoms with van der Waals surface area (Å²) >= 11 is 0. The Hall–Kier alpha value is -1.47. The minimum atomic E-state index is -0.102. The summed E-state index contributed by atoms with van der Waals surface area (Å²) in [6.45, 7) is 4.77. The van der Waals surface area contributed by atoms with Crippen molar-refractivity contribution in [3.05, 3.63) is 35.9 Å². The molecule has 1 aromatic carbocycles. The largest absolute Gasteiger partial charge is 0.382 e. The first-order chi connectivity index (χ1) is 11.3. The zero-order valence-electron chi connectivity index (χ0n) is 13.7. The molecule has 1 saturated heterocycles. The lowest BCUT2D eigenvalue weighted by Gasteiger charge is -2.34. The van der Waals surface area contributed by atoms with Gasteiger partial charge in [-0.15, -0.1) is 0 Å². The van der Waals surface area contributed by atoms with Crippen molar-refractivity contribution < 1.29 is 19.0 Å². The highest BCUT2D eigenvalue weighted by atomic mass is 16.5. The Kier molecular flexibility index (Phi) is 8.03. The van der Waals surface area contributed by atoms with E-state index in [9.17, 15) is 4.79 Å². The minimum absolute atomic E-state index is 0.0635. The normalized spacial score (nSPS) is 16.9.